The first-order valence-corrected chi connectivity index (χ1v) is 5.84. The highest BCUT2D eigenvalue weighted by molar-refractivity contribution is 5.32. The molecule has 1 fully saturated rings. The van der Waals surface area contributed by atoms with Crippen molar-refractivity contribution < 1.29 is 9.84 Å². The fraction of sp³-hybridized carbons (Fsp3) is 0.583. The van der Waals surface area contributed by atoms with E-state index in [1.165, 1.54) is 0 Å². The van der Waals surface area contributed by atoms with Gasteiger partial charge in [0.15, 0.2) is 0 Å². The van der Waals surface area contributed by atoms with Crippen LogP contribution in [0.5, 0.6) is 0 Å². The number of morpholine rings is 1. The largest absolute Gasteiger partial charge is 0.390 e. The Bertz CT molecular complexity index is 373. The lowest BCUT2D eigenvalue weighted by molar-refractivity contribution is -0.0823. The zero-order chi connectivity index (χ0) is 12.3. The van der Waals surface area contributed by atoms with E-state index in [2.05, 4.69) is 9.88 Å². The molecule has 2 rings (SSSR count). The number of aliphatic hydroxyl groups is 1. The highest BCUT2D eigenvalue weighted by atomic mass is 16.5. The molecule has 17 heavy (non-hydrogen) atoms. The van der Waals surface area contributed by atoms with Crippen LogP contribution in [0.15, 0.2) is 18.3 Å². The molecule has 0 amide bonds. The molecule has 3 N–H and O–H groups in total. The molecule has 0 saturated carbocycles. The van der Waals surface area contributed by atoms with Gasteiger partial charge >= 0.3 is 0 Å². The van der Waals surface area contributed by atoms with Gasteiger partial charge in [0.1, 0.15) is 5.82 Å². The van der Waals surface area contributed by atoms with Crippen LogP contribution in [-0.2, 0) is 11.2 Å². The first-order chi connectivity index (χ1) is 8.15. The summed E-state index contributed by atoms with van der Waals surface area (Å²) >= 11 is 0. The predicted molar refractivity (Wildman–Crippen MR) is 65.6 cm³/mol. The van der Waals surface area contributed by atoms with E-state index in [1.807, 2.05) is 13.1 Å². The third kappa shape index (κ3) is 3.39. The quantitative estimate of drug-likeness (QED) is 0.768. The van der Waals surface area contributed by atoms with Gasteiger partial charge in [0.25, 0.3) is 0 Å². The Morgan fingerprint density at radius 3 is 3.24 bits per heavy atom. The summed E-state index contributed by atoms with van der Waals surface area (Å²) in [6, 6.07) is 3.65. The minimum Gasteiger partial charge on any atom is -0.390 e. The van der Waals surface area contributed by atoms with Gasteiger partial charge < -0.3 is 20.5 Å². The Hall–Kier alpha value is -1.17. The van der Waals surface area contributed by atoms with Crippen LogP contribution in [0.2, 0.25) is 0 Å². The molecule has 2 unspecified atom stereocenters. The Kier molecular flexibility index (Phi) is 3.93. The summed E-state index contributed by atoms with van der Waals surface area (Å²) in [5, 5.41) is 10.1. The zero-order valence-electron chi connectivity index (χ0n) is 10.0. The molecule has 0 radical (unpaired) electrons. The van der Waals surface area contributed by atoms with Gasteiger partial charge in [-0.1, -0.05) is 0 Å². The molecule has 5 heteroatoms. The molecule has 1 aliphatic rings. The van der Waals surface area contributed by atoms with E-state index in [-0.39, 0.29) is 6.10 Å². The number of nitrogens with zero attached hydrogens (tertiary/aromatic N) is 2. The molecular formula is C12H19N3O2. The fourth-order valence-electron chi connectivity index (χ4n) is 2.04. The first-order valence-electron chi connectivity index (χ1n) is 5.84. The van der Waals surface area contributed by atoms with Gasteiger partial charge in [0.05, 0.1) is 18.8 Å². The molecule has 5 nitrogen and oxygen atoms in total. The van der Waals surface area contributed by atoms with E-state index < -0.39 is 6.10 Å². The third-order valence-corrected chi connectivity index (χ3v) is 3.02. The normalized spacial score (nSPS) is 23.5. The second-order valence-electron chi connectivity index (χ2n) is 4.53. The lowest BCUT2D eigenvalue weighted by atomic mass is 10.0. The van der Waals surface area contributed by atoms with Crippen LogP contribution in [0.25, 0.3) is 0 Å². The average Bonchev–Trinajstić information content (AvgIpc) is 2.29. The van der Waals surface area contributed by atoms with Crippen molar-refractivity contribution in [1.82, 2.24) is 9.88 Å². The van der Waals surface area contributed by atoms with Crippen LogP contribution in [0.1, 0.15) is 5.56 Å². The van der Waals surface area contributed by atoms with E-state index in [0.29, 0.717) is 18.8 Å². The third-order valence-electron chi connectivity index (χ3n) is 3.02. The molecular weight excluding hydrogens is 218 g/mol. The van der Waals surface area contributed by atoms with Crippen molar-refractivity contribution in [3.63, 3.8) is 0 Å². The van der Waals surface area contributed by atoms with Crippen molar-refractivity contribution in [3.8, 4) is 0 Å². The van der Waals surface area contributed by atoms with Crippen molar-refractivity contribution in [2.45, 2.75) is 18.6 Å². The highest BCUT2D eigenvalue weighted by Crippen LogP contribution is 2.13. The van der Waals surface area contributed by atoms with E-state index in [1.54, 1.807) is 12.3 Å². The van der Waals surface area contributed by atoms with Crippen LogP contribution in [0.3, 0.4) is 0 Å². The number of ether oxygens (including phenoxy) is 1. The van der Waals surface area contributed by atoms with Crippen LogP contribution >= 0.6 is 0 Å². The highest BCUT2D eigenvalue weighted by Gasteiger charge is 2.25. The van der Waals surface area contributed by atoms with E-state index >= 15 is 0 Å². The van der Waals surface area contributed by atoms with Crippen molar-refractivity contribution in [2.75, 3.05) is 32.5 Å². The minimum atomic E-state index is -0.500. The Balaban J connectivity index is 1.94. The van der Waals surface area contributed by atoms with Gasteiger partial charge in [0.2, 0.25) is 0 Å². The molecule has 1 aromatic rings. The molecule has 0 aromatic carbocycles. The summed E-state index contributed by atoms with van der Waals surface area (Å²) in [5.74, 6) is 0.483. The van der Waals surface area contributed by atoms with Gasteiger partial charge in [-0.15, -0.1) is 0 Å². The van der Waals surface area contributed by atoms with Gasteiger partial charge in [-0.3, -0.25) is 0 Å². The summed E-state index contributed by atoms with van der Waals surface area (Å²) in [5.41, 5.74) is 6.59. The topological polar surface area (TPSA) is 71.6 Å². The number of hydrogen-bond acceptors (Lipinski definition) is 5. The molecule has 1 aliphatic heterocycles. The van der Waals surface area contributed by atoms with E-state index in [4.69, 9.17) is 10.5 Å². The monoisotopic (exact) mass is 237 g/mol. The summed E-state index contributed by atoms with van der Waals surface area (Å²) in [6.45, 7) is 2.36. The molecule has 94 valence electrons. The van der Waals surface area contributed by atoms with E-state index in [9.17, 15) is 5.11 Å². The number of hydrogen-bond donors (Lipinski definition) is 2. The number of aliphatic hydroxyl groups excluding tert-OH is 1. The summed E-state index contributed by atoms with van der Waals surface area (Å²) in [7, 11) is 2.03. The molecule has 1 saturated heterocycles. The van der Waals surface area contributed by atoms with Crippen LogP contribution in [-0.4, -0.2) is 53.9 Å². The molecule has 2 heterocycles. The number of anilines is 1. The van der Waals surface area contributed by atoms with Gasteiger partial charge in [-0.25, -0.2) is 4.98 Å². The maximum absolute atomic E-state index is 10.1. The van der Waals surface area contributed by atoms with E-state index in [0.717, 1.165) is 18.7 Å². The number of nitrogens with two attached hydrogens (primary N) is 1. The van der Waals surface area contributed by atoms with Gasteiger partial charge in [-0.05, 0) is 24.7 Å². The first kappa shape index (κ1) is 12.3. The van der Waals surface area contributed by atoms with Crippen molar-refractivity contribution >= 4 is 5.82 Å². The molecule has 0 bridgehead atoms. The summed E-state index contributed by atoms with van der Waals surface area (Å²) < 4.78 is 5.57. The van der Waals surface area contributed by atoms with Crippen molar-refractivity contribution in [3.05, 3.63) is 23.9 Å². The Labute approximate surface area is 101 Å². The van der Waals surface area contributed by atoms with Gasteiger partial charge in [0, 0.05) is 25.7 Å². The molecule has 2 atom stereocenters. The molecule has 0 aliphatic carbocycles. The maximum atomic E-state index is 10.1. The molecule has 0 spiro atoms. The van der Waals surface area contributed by atoms with Crippen LogP contribution in [0, 0.1) is 0 Å². The number of aromatic nitrogens is 1. The number of likely N-dealkylation sites (N-methyl/N-ethyl adjacent to an activating group) is 1. The summed E-state index contributed by atoms with van der Waals surface area (Å²) in [4.78, 5) is 6.09. The predicted octanol–water partition coefficient (Wildman–Crippen LogP) is -0.102. The van der Waals surface area contributed by atoms with Crippen molar-refractivity contribution in [1.29, 1.82) is 0 Å². The van der Waals surface area contributed by atoms with Crippen LogP contribution < -0.4 is 5.73 Å². The second-order valence-corrected chi connectivity index (χ2v) is 4.53. The second kappa shape index (κ2) is 5.44. The number of pyridine rings is 1. The summed E-state index contributed by atoms with van der Waals surface area (Å²) in [6.07, 6.45) is 1.58. The zero-order valence-corrected chi connectivity index (χ0v) is 10.0. The number of rotatable bonds is 3. The lowest BCUT2D eigenvalue weighted by Gasteiger charge is -2.33. The van der Waals surface area contributed by atoms with Crippen LogP contribution in [0.4, 0.5) is 5.82 Å². The van der Waals surface area contributed by atoms with Gasteiger partial charge in [-0.2, -0.15) is 0 Å². The van der Waals surface area contributed by atoms with Crippen molar-refractivity contribution in [2.24, 2.45) is 0 Å². The maximum Gasteiger partial charge on any atom is 0.123 e. The Morgan fingerprint density at radius 1 is 1.71 bits per heavy atom. The number of nitrogen functional groups attached to an aromatic ring is 1. The lowest BCUT2D eigenvalue weighted by Crippen LogP contribution is -2.46. The fourth-order valence-corrected chi connectivity index (χ4v) is 2.04. The molecule has 1 aromatic heterocycles. The SMILES string of the molecule is CN1CCOC(C(O)Cc2ccnc(N)c2)C1. The smallest absolute Gasteiger partial charge is 0.123 e. The minimum absolute atomic E-state index is 0.122. The standard InChI is InChI=1S/C12H19N3O2/c1-15-4-5-17-11(8-15)10(16)6-9-2-3-14-12(13)7-9/h2-3,7,10-11,16H,4-6,8H2,1H3,(H2,13,14). The average molecular weight is 237 g/mol. The Morgan fingerprint density at radius 2 is 2.53 bits per heavy atom.